The first-order valence-corrected chi connectivity index (χ1v) is 12.5. The molecule has 0 unspecified atom stereocenters. The molecule has 0 aliphatic carbocycles. The highest BCUT2D eigenvalue weighted by molar-refractivity contribution is 5.89. The topological polar surface area (TPSA) is 81.6 Å². The molecule has 38 heavy (non-hydrogen) atoms. The van der Waals surface area contributed by atoms with Crippen LogP contribution in [0.15, 0.2) is 61.3 Å². The summed E-state index contributed by atoms with van der Waals surface area (Å²) in [7, 11) is 0. The SMILES string of the molecule is C=CN(c1nc(NCCCN(CC)CC)nc(-c2ccc(C(=O)O)cc2)c1/C=C\C)c1c(F)cccc1F. The van der Waals surface area contributed by atoms with Crippen LogP contribution in [-0.2, 0) is 0 Å². The van der Waals surface area contributed by atoms with Crippen LogP contribution < -0.4 is 10.2 Å². The molecule has 3 aromatic rings. The minimum Gasteiger partial charge on any atom is -0.478 e. The lowest BCUT2D eigenvalue weighted by Crippen LogP contribution is -2.25. The van der Waals surface area contributed by atoms with Gasteiger partial charge in [0.15, 0.2) is 5.82 Å². The molecule has 0 spiro atoms. The summed E-state index contributed by atoms with van der Waals surface area (Å²) in [4.78, 5) is 24.3. The second kappa shape index (κ2) is 13.4. The molecular weight excluding hydrogens is 488 g/mol. The summed E-state index contributed by atoms with van der Waals surface area (Å²) in [5, 5.41) is 12.6. The van der Waals surface area contributed by atoms with Crippen LogP contribution in [0, 0.1) is 11.6 Å². The third-order valence-electron chi connectivity index (χ3n) is 6.08. The highest BCUT2D eigenvalue weighted by Gasteiger charge is 2.23. The van der Waals surface area contributed by atoms with Crippen LogP contribution in [0.2, 0.25) is 0 Å². The van der Waals surface area contributed by atoms with Gasteiger partial charge in [0.1, 0.15) is 17.3 Å². The van der Waals surface area contributed by atoms with Crippen LogP contribution >= 0.6 is 0 Å². The number of carbonyl (C=O) groups is 1. The number of hydrogen-bond donors (Lipinski definition) is 2. The maximum absolute atomic E-state index is 14.9. The van der Waals surface area contributed by atoms with Crippen molar-refractivity contribution in [2.45, 2.75) is 27.2 Å². The molecule has 0 saturated carbocycles. The van der Waals surface area contributed by atoms with Gasteiger partial charge in [0, 0.05) is 23.9 Å². The third kappa shape index (κ3) is 6.60. The van der Waals surface area contributed by atoms with E-state index in [1.165, 1.54) is 41.4 Å². The molecule has 0 saturated heterocycles. The highest BCUT2D eigenvalue weighted by Crippen LogP contribution is 2.37. The Morgan fingerprint density at radius 2 is 1.74 bits per heavy atom. The largest absolute Gasteiger partial charge is 0.478 e. The Morgan fingerprint density at radius 3 is 2.29 bits per heavy atom. The van der Waals surface area contributed by atoms with E-state index in [0.29, 0.717) is 23.4 Å². The molecule has 0 atom stereocenters. The van der Waals surface area contributed by atoms with Crippen molar-refractivity contribution in [3.05, 3.63) is 84.1 Å². The zero-order valence-corrected chi connectivity index (χ0v) is 21.9. The van der Waals surface area contributed by atoms with Crippen LogP contribution in [-0.4, -0.2) is 52.1 Å². The van der Waals surface area contributed by atoms with E-state index in [-0.39, 0.29) is 23.0 Å². The van der Waals surface area contributed by atoms with Crippen molar-refractivity contribution in [2.75, 3.05) is 36.4 Å². The van der Waals surface area contributed by atoms with Crippen LogP contribution in [0.1, 0.15) is 43.1 Å². The molecule has 2 aromatic carbocycles. The van der Waals surface area contributed by atoms with E-state index in [2.05, 4.69) is 35.6 Å². The monoisotopic (exact) mass is 521 g/mol. The van der Waals surface area contributed by atoms with Crippen LogP contribution in [0.4, 0.5) is 26.2 Å². The van der Waals surface area contributed by atoms with Crippen molar-refractivity contribution in [1.82, 2.24) is 14.9 Å². The molecule has 0 aliphatic rings. The minimum absolute atomic E-state index is 0.131. The number of aromatic nitrogens is 2. The number of carboxylic acids is 1. The van der Waals surface area contributed by atoms with Crippen molar-refractivity contribution < 1.29 is 18.7 Å². The van der Waals surface area contributed by atoms with E-state index in [1.54, 1.807) is 24.3 Å². The Labute approximate surface area is 222 Å². The zero-order valence-electron chi connectivity index (χ0n) is 21.9. The predicted molar refractivity (Wildman–Crippen MR) is 149 cm³/mol. The van der Waals surface area contributed by atoms with Gasteiger partial charge in [-0.3, -0.25) is 4.90 Å². The molecule has 7 nitrogen and oxygen atoms in total. The summed E-state index contributed by atoms with van der Waals surface area (Å²) in [6, 6.07) is 9.90. The van der Waals surface area contributed by atoms with E-state index in [9.17, 15) is 18.7 Å². The van der Waals surface area contributed by atoms with Crippen molar-refractivity contribution in [2.24, 2.45) is 0 Å². The number of allylic oxidation sites excluding steroid dienone is 1. The van der Waals surface area contributed by atoms with Gasteiger partial charge in [-0.2, -0.15) is 4.98 Å². The first kappa shape index (κ1) is 28.5. The Kier molecular flexibility index (Phi) is 10.1. The number of para-hydroxylation sites is 1. The molecule has 0 fully saturated rings. The summed E-state index contributed by atoms with van der Waals surface area (Å²) in [5.74, 6) is -2.08. The number of aromatic carboxylic acids is 1. The lowest BCUT2D eigenvalue weighted by Gasteiger charge is -2.24. The minimum atomic E-state index is -1.04. The summed E-state index contributed by atoms with van der Waals surface area (Å²) >= 11 is 0. The van der Waals surface area contributed by atoms with Crippen LogP contribution in [0.3, 0.4) is 0 Å². The fraction of sp³-hybridized carbons (Fsp3) is 0.276. The fourth-order valence-electron chi connectivity index (χ4n) is 4.08. The number of carboxylic acid groups (broad SMARTS) is 1. The van der Waals surface area contributed by atoms with E-state index >= 15 is 0 Å². The van der Waals surface area contributed by atoms with Crippen molar-refractivity contribution in [1.29, 1.82) is 0 Å². The number of nitrogens with zero attached hydrogens (tertiary/aromatic N) is 4. The van der Waals surface area contributed by atoms with E-state index < -0.39 is 17.6 Å². The number of hydrogen-bond acceptors (Lipinski definition) is 6. The highest BCUT2D eigenvalue weighted by atomic mass is 19.1. The number of halogens is 2. The van der Waals surface area contributed by atoms with Gasteiger partial charge < -0.3 is 15.3 Å². The van der Waals surface area contributed by atoms with Gasteiger partial charge in [0.05, 0.1) is 11.3 Å². The predicted octanol–water partition coefficient (Wildman–Crippen LogP) is 6.58. The molecule has 0 amide bonds. The van der Waals surface area contributed by atoms with Crippen LogP contribution in [0.5, 0.6) is 0 Å². The normalized spacial score (nSPS) is 11.2. The molecule has 200 valence electrons. The van der Waals surface area contributed by atoms with E-state index in [1.807, 2.05) is 6.92 Å². The summed E-state index contributed by atoms with van der Waals surface area (Å²) < 4.78 is 29.7. The van der Waals surface area contributed by atoms with Gasteiger partial charge in [-0.15, -0.1) is 0 Å². The summed E-state index contributed by atoms with van der Waals surface area (Å²) in [6.45, 7) is 13.2. The van der Waals surface area contributed by atoms with Gasteiger partial charge in [-0.05, 0) is 57.2 Å². The fourth-order valence-corrected chi connectivity index (χ4v) is 4.08. The number of anilines is 3. The van der Waals surface area contributed by atoms with Gasteiger partial charge in [0.25, 0.3) is 0 Å². The molecule has 2 N–H and O–H groups in total. The molecule has 3 rings (SSSR count). The average molecular weight is 522 g/mol. The van der Waals surface area contributed by atoms with Gasteiger partial charge in [0.2, 0.25) is 5.95 Å². The quantitative estimate of drug-likeness (QED) is 0.246. The lowest BCUT2D eigenvalue weighted by atomic mass is 10.0. The number of nitrogens with one attached hydrogen (secondary N) is 1. The molecule has 1 heterocycles. The maximum Gasteiger partial charge on any atom is 0.335 e. The Bertz CT molecular complexity index is 1270. The van der Waals surface area contributed by atoms with Crippen molar-refractivity contribution >= 4 is 29.5 Å². The van der Waals surface area contributed by atoms with Crippen LogP contribution in [0.25, 0.3) is 17.3 Å². The van der Waals surface area contributed by atoms with E-state index in [0.717, 1.165) is 26.1 Å². The Hall–Kier alpha value is -4.11. The molecule has 0 aliphatic heterocycles. The third-order valence-corrected chi connectivity index (χ3v) is 6.08. The second-order valence-electron chi connectivity index (χ2n) is 8.45. The smallest absolute Gasteiger partial charge is 0.335 e. The summed E-state index contributed by atoms with van der Waals surface area (Å²) in [6.07, 6.45) is 5.66. The zero-order chi connectivity index (χ0) is 27.7. The van der Waals surface area contributed by atoms with Gasteiger partial charge in [-0.1, -0.05) is 50.8 Å². The molecule has 9 heteroatoms. The molecular formula is C29H33F2N5O2. The molecule has 1 aromatic heterocycles. The number of benzene rings is 2. The summed E-state index contributed by atoms with van der Waals surface area (Å²) in [5.41, 5.74) is 1.40. The Balaban J connectivity index is 2.15. The Morgan fingerprint density at radius 1 is 1.08 bits per heavy atom. The average Bonchev–Trinajstić information content (AvgIpc) is 2.91. The van der Waals surface area contributed by atoms with E-state index in [4.69, 9.17) is 4.98 Å². The standard InChI is InChI=1S/C29H33F2N5O2/c1-5-11-22-25(20-14-16-21(17-15-20)28(37)38)33-29(32-18-10-19-35(6-2)7-3)34-27(22)36(8-4)26-23(30)12-9-13-24(26)31/h5,8-9,11-17H,4,6-7,10,18-19H2,1-3H3,(H,37,38)(H,32,33,34)/b11-5-. The lowest BCUT2D eigenvalue weighted by molar-refractivity contribution is 0.0697. The maximum atomic E-state index is 14.9. The first-order valence-electron chi connectivity index (χ1n) is 12.5. The first-order chi connectivity index (χ1) is 18.3. The molecule has 0 radical (unpaired) electrons. The van der Waals surface area contributed by atoms with Gasteiger partial charge in [-0.25, -0.2) is 18.6 Å². The van der Waals surface area contributed by atoms with Crippen molar-refractivity contribution in [3.63, 3.8) is 0 Å². The van der Waals surface area contributed by atoms with Crippen molar-refractivity contribution in [3.8, 4) is 11.3 Å². The van der Waals surface area contributed by atoms with Gasteiger partial charge >= 0.3 is 5.97 Å². The second-order valence-corrected chi connectivity index (χ2v) is 8.45. The molecule has 0 bridgehead atoms. The number of rotatable bonds is 13.